The number of halogens is 1. The monoisotopic (exact) mass is 464 g/mol. The average Bonchev–Trinajstić information content (AvgIpc) is 2.82. The Bertz CT molecular complexity index is 1040. The van der Waals surface area contributed by atoms with Crippen molar-refractivity contribution in [3.8, 4) is 0 Å². The van der Waals surface area contributed by atoms with E-state index in [2.05, 4.69) is 34.7 Å². The number of rotatable bonds is 9. The molecule has 0 unspecified atom stereocenters. The van der Waals surface area contributed by atoms with Crippen LogP contribution in [-0.2, 0) is 11.2 Å². The minimum Gasteiger partial charge on any atom is -0.372 e. The normalized spacial score (nSPS) is 11.4. The highest BCUT2D eigenvalue weighted by Crippen LogP contribution is 2.18. The van der Waals surface area contributed by atoms with Crippen molar-refractivity contribution >= 4 is 40.6 Å². The quantitative estimate of drug-likeness (QED) is 0.388. The van der Waals surface area contributed by atoms with Crippen LogP contribution < -0.4 is 20.9 Å². The molecule has 7 heteroatoms. The van der Waals surface area contributed by atoms with Crippen molar-refractivity contribution in [1.29, 1.82) is 0 Å². The summed E-state index contributed by atoms with van der Waals surface area (Å²) in [5.41, 5.74) is 3.30. The number of amides is 3. The van der Waals surface area contributed by atoms with E-state index in [4.69, 9.17) is 11.6 Å². The number of nitrogens with zero attached hydrogens (tertiary/aromatic N) is 1. The van der Waals surface area contributed by atoms with E-state index in [-0.39, 0.29) is 5.91 Å². The summed E-state index contributed by atoms with van der Waals surface area (Å²) in [6, 6.07) is 22.8. The predicted octanol–water partition coefficient (Wildman–Crippen LogP) is 5.56. The number of benzene rings is 3. The van der Waals surface area contributed by atoms with Gasteiger partial charge in [-0.1, -0.05) is 41.9 Å². The second kappa shape index (κ2) is 11.9. The van der Waals surface area contributed by atoms with E-state index < -0.39 is 12.1 Å². The van der Waals surface area contributed by atoms with Gasteiger partial charge in [-0.15, -0.1) is 0 Å². The van der Waals surface area contributed by atoms with Crippen molar-refractivity contribution in [1.82, 2.24) is 5.32 Å². The molecule has 3 N–H and O–H groups in total. The molecule has 0 spiro atoms. The molecule has 0 aliphatic carbocycles. The Hall–Kier alpha value is -3.51. The van der Waals surface area contributed by atoms with E-state index in [0.29, 0.717) is 22.8 Å². The molecule has 3 aromatic carbocycles. The number of hydrogen-bond acceptors (Lipinski definition) is 3. The highest BCUT2D eigenvalue weighted by Gasteiger charge is 2.22. The van der Waals surface area contributed by atoms with Gasteiger partial charge in [0.1, 0.15) is 6.04 Å². The Morgan fingerprint density at radius 1 is 0.818 bits per heavy atom. The molecule has 0 saturated heterocycles. The maximum absolute atomic E-state index is 13.1. The number of hydrogen-bond donors (Lipinski definition) is 3. The molecule has 0 bridgehead atoms. The number of anilines is 3. The van der Waals surface area contributed by atoms with Gasteiger partial charge in [0.2, 0.25) is 5.91 Å². The first-order valence-corrected chi connectivity index (χ1v) is 11.4. The molecular weight excluding hydrogens is 436 g/mol. The summed E-state index contributed by atoms with van der Waals surface area (Å²) in [6.45, 7) is 6.03. The third kappa shape index (κ3) is 7.26. The van der Waals surface area contributed by atoms with Gasteiger partial charge in [-0.2, -0.15) is 0 Å². The summed E-state index contributed by atoms with van der Waals surface area (Å²) in [4.78, 5) is 27.9. The smallest absolute Gasteiger partial charge is 0.319 e. The van der Waals surface area contributed by atoms with Crippen molar-refractivity contribution in [2.75, 3.05) is 28.6 Å². The summed E-state index contributed by atoms with van der Waals surface area (Å²) >= 11 is 5.90. The van der Waals surface area contributed by atoms with Crippen LogP contribution in [0.4, 0.5) is 21.9 Å². The van der Waals surface area contributed by atoms with Crippen molar-refractivity contribution in [2.45, 2.75) is 26.3 Å². The topological polar surface area (TPSA) is 73.5 Å². The van der Waals surface area contributed by atoms with E-state index in [0.717, 1.165) is 24.3 Å². The molecule has 33 heavy (non-hydrogen) atoms. The van der Waals surface area contributed by atoms with Crippen LogP contribution in [0.3, 0.4) is 0 Å². The molecule has 0 fully saturated rings. The van der Waals surface area contributed by atoms with Gasteiger partial charge in [0, 0.05) is 41.6 Å². The fourth-order valence-electron chi connectivity index (χ4n) is 3.49. The molecule has 0 aromatic heterocycles. The molecule has 3 amide bonds. The summed E-state index contributed by atoms with van der Waals surface area (Å²) in [7, 11) is 0. The molecule has 0 aliphatic rings. The molecule has 3 rings (SSSR count). The molecule has 0 aliphatic heterocycles. The van der Waals surface area contributed by atoms with Gasteiger partial charge in [0.15, 0.2) is 0 Å². The molecular formula is C26H29ClN4O2. The number of carbonyl (C=O) groups is 2. The average molecular weight is 465 g/mol. The van der Waals surface area contributed by atoms with E-state index in [1.54, 1.807) is 24.3 Å². The fourth-order valence-corrected chi connectivity index (χ4v) is 3.62. The van der Waals surface area contributed by atoms with Gasteiger partial charge >= 0.3 is 6.03 Å². The standard InChI is InChI=1S/C26H29ClN4O2/c1-3-31(4-2)23-16-14-21(15-17-23)28-25(32)24(18-19-8-6-5-7-9-19)30-26(33)29-22-12-10-20(27)11-13-22/h5-17,24H,3-4,18H2,1-2H3,(H,28,32)(H2,29,30,33)/t24-/m0/s1. The van der Waals surface area contributed by atoms with E-state index in [9.17, 15) is 9.59 Å². The number of carbonyl (C=O) groups excluding carboxylic acids is 2. The molecule has 6 nitrogen and oxygen atoms in total. The summed E-state index contributed by atoms with van der Waals surface area (Å²) in [6.07, 6.45) is 0.359. The van der Waals surface area contributed by atoms with Crippen LogP contribution in [0.15, 0.2) is 78.9 Å². The van der Waals surface area contributed by atoms with Gasteiger partial charge in [0.25, 0.3) is 0 Å². The minimum absolute atomic E-state index is 0.291. The van der Waals surface area contributed by atoms with Crippen LogP contribution in [0, 0.1) is 0 Å². The second-order valence-corrected chi connectivity index (χ2v) is 7.99. The second-order valence-electron chi connectivity index (χ2n) is 7.56. The van der Waals surface area contributed by atoms with Gasteiger partial charge in [0.05, 0.1) is 0 Å². The molecule has 0 saturated carbocycles. The Labute approximate surface area is 200 Å². The van der Waals surface area contributed by atoms with Gasteiger partial charge in [-0.25, -0.2) is 4.79 Å². The third-order valence-electron chi connectivity index (χ3n) is 5.27. The lowest BCUT2D eigenvalue weighted by Crippen LogP contribution is -2.46. The Morgan fingerprint density at radius 3 is 2.00 bits per heavy atom. The highest BCUT2D eigenvalue weighted by atomic mass is 35.5. The third-order valence-corrected chi connectivity index (χ3v) is 5.52. The van der Waals surface area contributed by atoms with Gasteiger partial charge in [-0.3, -0.25) is 4.79 Å². The lowest BCUT2D eigenvalue weighted by molar-refractivity contribution is -0.117. The summed E-state index contributed by atoms with van der Waals surface area (Å²) in [5, 5.41) is 9.04. The molecule has 1 atom stereocenters. The largest absolute Gasteiger partial charge is 0.372 e. The molecule has 0 radical (unpaired) electrons. The first-order valence-electron chi connectivity index (χ1n) is 11.0. The number of nitrogens with one attached hydrogen (secondary N) is 3. The Morgan fingerprint density at radius 2 is 1.39 bits per heavy atom. The summed E-state index contributed by atoms with van der Waals surface area (Å²) in [5.74, 6) is -0.291. The van der Waals surface area contributed by atoms with Crippen LogP contribution in [-0.4, -0.2) is 31.1 Å². The van der Waals surface area contributed by atoms with Crippen LogP contribution in [0.25, 0.3) is 0 Å². The van der Waals surface area contributed by atoms with Crippen molar-refractivity contribution in [3.63, 3.8) is 0 Å². The first-order chi connectivity index (χ1) is 16.0. The first kappa shape index (κ1) is 24.1. The zero-order valence-corrected chi connectivity index (χ0v) is 19.6. The van der Waals surface area contributed by atoms with E-state index in [1.807, 2.05) is 54.6 Å². The molecule has 172 valence electrons. The molecule has 0 heterocycles. The van der Waals surface area contributed by atoms with E-state index in [1.165, 1.54) is 0 Å². The lowest BCUT2D eigenvalue weighted by Gasteiger charge is -2.22. The van der Waals surface area contributed by atoms with Crippen molar-refractivity contribution in [2.24, 2.45) is 0 Å². The van der Waals surface area contributed by atoms with E-state index >= 15 is 0 Å². The zero-order chi connectivity index (χ0) is 23.6. The highest BCUT2D eigenvalue weighted by molar-refractivity contribution is 6.30. The Balaban J connectivity index is 1.70. The summed E-state index contributed by atoms with van der Waals surface area (Å²) < 4.78 is 0. The SMILES string of the molecule is CCN(CC)c1ccc(NC(=O)[C@H](Cc2ccccc2)NC(=O)Nc2ccc(Cl)cc2)cc1. The molecule has 3 aromatic rings. The lowest BCUT2D eigenvalue weighted by atomic mass is 10.1. The predicted molar refractivity (Wildman–Crippen MR) is 136 cm³/mol. The fraction of sp³-hybridized carbons (Fsp3) is 0.231. The van der Waals surface area contributed by atoms with Crippen molar-refractivity contribution < 1.29 is 9.59 Å². The van der Waals surface area contributed by atoms with Crippen LogP contribution in [0.1, 0.15) is 19.4 Å². The maximum atomic E-state index is 13.1. The number of urea groups is 1. The zero-order valence-electron chi connectivity index (χ0n) is 18.8. The van der Waals surface area contributed by atoms with Gasteiger partial charge < -0.3 is 20.9 Å². The van der Waals surface area contributed by atoms with Crippen LogP contribution >= 0.6 is 11.6 Å². The maximum Gasteiger partial charge on any atom is 0.319 e. The van der Waals surface area contributed by atoms with Gasteiger partial charge in [-0.05, 0) is 67.9 Å². The van der Waals surface area contributed by atoms with Crippen molar-refractivity contribution in [3.05, 3.63) is 89.4 Å². The minimum atomic E-state index is -0.762. The van der Waals surface area contributed by atoms with Crippen LogP contribution in [0.5, 0.6) is 0 Å². The van der Waals surface area contributed by atoms with Crippen LogP contribution in [0.2, 0.25) is 5.02 Å². The Kier molecular flexibility index (Phi) is 8.72.